The van der Waals surface area contributed by atoms with E-state index in [1.807, 2.05) is 19.9 Å². The van der Waals surface area contributed by atoms with E-state index in [2.05, 4.69) is 0 Å². The van der Waals surface area contributed by atoms with E-state index >= 15 is 0 Å². The zero-order chi connectivity index (χ0) is 19.1. The number of fused-ring (bicyclic) bond motifs is 1. The minimum Gasteiger partial charge on any atom is -0.507 e. The molecule has 6 nitrogen and oxygen atoms in total. The van der Waals surface area contributed by atoms with Crippen molar-refractivity contribution in [1.29, 1.82) is 0 Å². The number of benzene rings is 1. The summed E-state index contributed by atoms with van der Waals surface area (Å²) in [7, 11) is 1.52. The first-order chi connectivity index (χ1) is 12.3. The third-order valence-corrected chi connectivity index (χ3v) is 5.88. The molecular weight excluding hydrogens is 336 g/mol. The summed E-state index contributed by atoms with van der Waals surface area (Å²) in [6.45, 7) is 3.79. The maximum Gasteiger partial charge on any atom is 0.342 e. The van der Waals surface area contributed by atoms with Gasteiger partial charge in [0.25, 0.3) is 0 Å². The SMILES string of the molecule is COc1c(C)c2c(c(O)c1C/C=C(/C)C1(C(=O)O)CCCC1)C(=O)OC2. The Bertz CT molecular complexity index is 799. The summed E-state index contributed by atoms with van der Waals surface area (Å²) < 4.78 is 10.5. The van der Waals surface area contributed by atoms with E-state index in [0.29, 0.717) is 29.7 Å². The fourth-order valence-electron chi connectivity index (χ4n) is 4.23. The number of hydrogen-bond acceptors (Lipinski definition) is 5. The average Bonchev–Trinajstić information content (AvgIpc) is 3.24. The van der Waals surface area contributed by atoms with Gasteiger partial charge in [-0.3, -0.25) is 4.79 Å². The molecule has 1 fully saturated rings. The van der Waals surface area contributed by atoms with Crippen molar-refractivity contribution in [3.8, 4) is 11.5 Å². The Balaban J connectivity index is 2.03. The third-order valence-electron chi connectivity index (χ3n) is 5.88. The molecule has 0 amide bonds. The number of aromatic hydroxyl groups is 1. The van der Waals surface area contributed by atoms with E-state index in [4.69, 9.17) is 9.47 Å². The molecule has 0 aromatic heterocycles. The fraction of sp³-hybridized carbons (Fsp3) is 0.500. The summed E-state index contributed by atoms with van der Waals surface area (Å²) in [5.74, 6) is -0.958. The number of cyclic esters (lactones) is 1. The van der Waals surface area contributed by atoms with E-state index in [1.54, 1.807) is 0 Å². The number of carboxylic acid groups (broad SMARTS) is 1. The molecule has 1 heterocycles. The van der Waals surface area contributed by atoms with Crippen molar-refractivity contribution >= 4 is 11.9 Å². The lowest BCUT2D eigenvalue weighted by atomic mass is 9.78. The van der Waals surface area contributed by atoms with Crippen molar-refractivity contribution in [2.45, 2.75) is 52.6 Å². The van der Waals surface area contributed by atoms with Gasteiger partial charge < -0.3 is 19.7 Å². The molecule has 6 heteroatoms. The lowest BCUT2D eigenvalue weighted by molar-refractivity contribution is -0.146. The van der Waals surface area contributed by atoms with Crippen LogP contribution < -0.4 is 4.74 Å². The minimum absolute atomic E-state index is 0.126. The van der Waals surface area contributed by atoms with Crippen molar-refractivity contribution < 1.29 is 29.3 Å². The van der Waals surface area contributed by atoms with Crippen LogP contribution >= 0.6 is 0 Å². The maximum atomic E-state index is 12.0. The van der Waals surface area contributed by atoms with Gasteiger partial charge in [-0.25, -0.2) is 4.79 Å². The zero-order valence-electron chi connectivity index (χ0n) is 15.3. The second-order valence-electron chi connectivity index (χ2n) is 7.10. The molecule has 140 valence electrons. The lowest BCUT2D eigenvalue weighted by Gasteiger charge is -2.25. The van der Waals surface area contributed by atoms with Gasteiger partial charge in [0.1, 0.15) is 23.7 Å². The topological polar surface area (TPSA) is 93.1 Å². The number of rotatable bonds is 5. The number of ether oxygens (including phenoxy) is 2. The van der Waals surface area contributed by atoms with Gasteiger partial charge in [0.05, 0.1) is 12.5 Å². The van der Waals surface area contributed by atoms with Crippen molar-refractivity contribution in [3.05, 3.63) is 33.9 Å². The number of methoxy groups -OCH3 is 1. The number of phenolic OH excluding ortho intramolecular Hbond substituents is 1. The van der Waals surface area contributed by atoms with Gasteiger partial charge >= 0.3 is 11.9 Å². The van der Waals surface area contributed by atoms with Gasteiger partial charge in [-0.15, -0.1) is 0 Å². The highest BCUT2D eigenvalue weighted by atomic mass is 16.5. The molecule has 0 saturated heterocycles. The summed E-state index contributed by atoms with van der Waals surface area (Å²) in [5.41, 5.74) is 2.05. The minimum atomic E-state index is -0.826. The molecule has 1 aromatic carbocycles. The first-order valence-corrected chi connectivity index (χ1v) is 8.82. The Morgan fingerprint density at radius 2 is 2.00 bits per heavy atom. The van der Waals surface area contributed by atoms with Crippen molar-refractivity contribution in [2.75, 3.05) is 7.11 Å². The van der Waals surface area contributed by atoms with Crippen LogP contribution in [0.15, 0.2) is 11.6 Å². The van der Waals surface area contributed by atoms with Crippen LogP contribution in [0.5, 0.6) is 11.5 Å². The van der Waals surface area contributed by atoms with Gasteiger partial charge in [-0.05, 0) is 38.7 Å². The molecule has 1 saturated carbocycles. The molecule has 0 atom stereocenters. The predicted molar refractivity (Wildman–Crippen MR) is 94.5 cm³/mol. The summed E-state index contributed by atoms with van der Waals surface area (Å²) in [5, 5.41) is 20.4. The highest BCUT2D eigenvalue weighted by molar-refractivity contribution is 5.98. The van der Waals surface area contributed by atoms with E-state index in [1.165, 1.54) is 7.11 Å². The van der Waals surface area contributed by atoms with Gasteiger partial charge in [-0.1, -0.05) is 24.5 Å². The molecule has 1 aliphatic carbocycles. The van der Waals surface area contributed by atoms with Crippen LogP contribution in [0.25, 0.3) is 0 Å². The first-order valence-electron chi connectivity index (χ1n) is 8.82. The highest BCUT2D eigenvalue weighted by Gasteiger charge is 2.42. The first kappa shape index (κ1) is 18.3. The third kappa shape index (κ3) is 2.64. The Morgan fingerprint density at radius 1 is 1.35 bits per heavy atom. The molecule has 3 rings (SSSR count). The van der Waals surface area contributed by atoms with Crippen LogP contribution in [0.3, 0.4) is 0 Å². The molecule has 1 aromatic rings. The molecule has 0 radical (unpaired) electrons. The lowest BCUT2D eigenvalue weighted by Crippen LogP contribution is -2.29. The second-order valence-corrected chi connectivity index (χ2v) is 7.10. The molecule has 2 aliphatic rings. The number of aliphatic carboxylic acids is 1. The van der Waals surface area contributed by atoms with Crippen molar-refractivity contribution in [2.24, 2.45) is 5.41 Å². The molecule has 26 heavy (non-hydrogen) atoms. The largest absolute Gasteiger partial charge is 0.507 e. The zero-order valence-corrected chi connectivity index (χ0v) is 15.3. The average molecular weight is 360 g/mol. The smallest absolute Gasteiger partial charge is 0.342 e. The summed E-state index contributed by atoms with van der Waals surface area (Å²) in [6.07, 6.45) is 5.18. The van der Waals surface area contributed by atoms with E-state index in [9.17, 15) is 19.8 Å². The highest BCUT2D eigenvalue weighted by Crippen LogP contribution is 2.46. The number of carboxylic acids is 1. The number of carbonyl (C=O) groups is 2. The maximum absolute atomic E-state index is 12.0. The van der Waals surface area contributed by atoms with Crippen molar-refractivity contribution in [1.82, 2.24) is 0 Å². The van der Waals surface area contributed by atoms with Crippen LogP contribution in [0.1, 0.15) is 59.7 Å². The number of esters is 1. The molecule has 1 aliphatic heterocycles. The van der Waals surface area contributed by atoms with Crippen LogP contribution in [-0.2, 0) is 22.6 Å². The van der Waals surface area contributed by atoms with Crippen LogP contribution in [-0.4, -0.2) is 29.3 Å². The van der Waals surface area contributed by atoms with Gasteiger partial charge in [0.15, 0.2) is 0 Å². The molecule has 2 N–H and O–H groups in total. The number of carbonyl (C=O) groups excluding carboxylic acids is 1. The second kappa shape index (κ2) is 6.67. The Hall–Kier alpha value is -2.50. The quantitative estimate of drug-likeness (QED) is 0.616. The molecule has 0 spiro atoms. The van der Waals surface area contributed by atoms with Gasteiger partial charge in [0, 0.05) is 11.1 Å². The summed E-state index contributed by atoms with van der Waals surface area (Å²) in [6, 6.07) is 0. The summed E-state index contributed by atoms with van der Waals surface area (Å²) >= 11 is 0. The van der Waals surface area contributed by atoms with E-state index < -0.39 is 17.4 Å². The van der Waals surface area contributed by atoms with Crippen LogP contribution in [0.4, 0.5) is 0 Å². The molecular formula is C20H24O6. The number of allylic oxidation sites excluding steroid dienone is 1. The van der Waals surface area contributed by atoms with Crippen LogP contribution in [0.2, 0.25) is 0 Å². The monoisotopic (exact) mass is 360 g/mol. The van der Waals surface area contributed by atoms with Crippen LogP contribution in [0, 0.1) is 12.3 Å². The Labute approximate surface area is 152 Å². The Kier molecular flexibility index (Phi) is 4.69. The standard InChI is InChI=1S/C20H24O6/c1-11(20(19(23)24)8-4-5-9-20)6-7-13-16(21)15-14(10-26-18(15)22)12(2)17(13)25-3/h6,21H,4-5,7-10H2,1-3H3,(H,23,24)/b11-6-. The molecule has 0 bridgehead atoms. The molecule has 0 unspecified atom stereocenters. The number of phenols is 1. The Morgan fingerprint density at radius 3 is 2.58 bits per heavy atom. The predicted octanol–water partition coefficient (Wildman–Crippen LogP) is 3.51. The number of hydrogen-bond donors (Lipinski definition) is 2. The van der Waals surface area contributed by atoms with Gasteiger partial charge in [0.2, 0.25) is 0 Å². The normalized spacial score (nSPS) is 18.6. The summed E-state index contributed by atoms with van der Waals surface area (Å²) in [4.78, 5) is 23.8. The van der Waals surface area contributed by atoms with Crippen molar-refractivity contribution in [3.63, 3.8) is 0 Å². The van der Waals surface area contributed by atoms with E-state index in [0.717, 1.165) is 24.0 Å². The van der Waals surface area contributed by atoms with E-state index in [-0.39, 0.29) is 24.3 Å². The van der Waals surface area contributed by atoms with Gasteiger partial charge in [-0.2, -0.15) is 0 Å². The fourth-order valence-corrected chi connectivity index (χ4v) is 4.23.